The summed E-state index contributed by atoms with van der Waals surface area (Å²) in [7, 11) is 1.59. The van der Waals surface area contributed by atoms with Crippen LogP contribution in [-0.2, 0) is 9.59 Å². The molecular weight excluding hydrogens is 412 g/mol. The van der Waals surface area contributed by atoms with Gasteiger partial charge in [0.15, 0.2) is 0 Å². The van der Waals surface area contributed by atoms with Crippen LogP contribution in [-0.4, -0.2) is 18.9 Å². The molecule has 1 N–H and O–H groups in total. The minimum atomic E-state index is -0.381. The van der Waals surface area contributed by atoms with E-state index in [1.807, 2.05) is 74.5 Å². The number of nitrogens with one attached hydrogen (secondary N) is 1. The van der Waals surface area contributed by atoms with E-state index in [0.717, 1.165) is 16.7 Å². The fourth-order valence-corrected chi connectivity index (χ4v) is 3.90. The van der Waals surface area contributed by atoms with Crippen molar-refractivity contribution in [2.24, 2.45) is 0 Å². The molecule has 5 heteroatoms. The maximum atomic E-state index is 13.6. The van der Waals surface area contributed by atoms with Gasteiger partial charge in [-0.2, -0.15) is 0 Å². The number of nitrogens with zero attached hydrogens (tertiary/aromatic N) is 1. The van der Waals surface area contributed by atoms with Crippen LogP contribution in [0, 0.1) is 13.8 Å². The molecule has 0 saturated heterocycles. The second kappa shape index (κ2) is 8.94. The molecule has 0 fully saturated rings. The predicted molar refractivity (Wildman–Crippen MR) is 132 cm³/mol. The monoisotopic (exact) mass is 440 g/mol. The molecule has 3 aromatic carbocycles. The van der Waals surface area contributed by atoms with Crippen LogP contribution < -0.4 is 15.0 Å². The van der Waals surface area contributed by atoms with E-state index in [0.29, 0.717) is 34.2 Å². The van der Waals surface area contributed by atoms with E-state index in [1.54, 1.807) is 13.2 Å². The van der Waals surface area contributed by atoms with Crippen molar-refractivity contribution in [3.63, 3.8) is 0 Å². The quantitative estimate of drug-likeness (QED) is 0.490. The van der Waals surface area contributed by atoms with E-state index >= 15 is 0 Å². The highest BCUT2D eigenvalue weighted by Crippen LogP contribution is 2.35. The highest BCUT2D eigenvalue weighted by atomic mass is 16.5. The predicted octanol–water partition coefficient (Wildman–Crippen LogP) is 5.83. The van der Waals surface area contributed by atoms with E-state index < -0.39 is 0 Å². The minimum Gasteiger partial charge on any atom is -0.497 e. The number of rotatable bonds is 6. The molecule has 0 saturated carbocycles. The molecule has 0 spiro atoms. The van der Waals surface area contributed by atoms with E-state index in [1.165, 1.54) is 4.90 Å². The number of hydrogen-bond donors (Lipinski definition) is 1. The Kier molecular flexibility index (Phi) is 6.05. The molecule has 5 nitrogen and oxygen atoms in total. The van der Waals surface area contributed by atoms with Gasteiger partial charge in [-0.25, -0.2) is 4.90 Å². The zero-order chi connectivity index (χ0) is 23.7. The average Bonchev–Trinajstić information content (AvgIpc) is 3.05. The first kappa shape index (κ1) is 22.3. The van der Waals surface area contributed by atoms with Crippen molar-refractivity contribution in [2.45, 2.75) is 33.6 Å². The lowest BCUT2D eigenvalue weighted by Gasteiger charge is -2.16. The van der Waals surface area contributed by atoms with Crippen molar-refractivity contribution in [3.05, 3.63) is 94.7 Å². The molecule has 33 heavy (non-hydrogen) atoms. The summed E-state index contributed by atoms with van der Waals surface area (Å²) in [6.07, 6.45) is 0. The van der Waals surface area contributed by atoms with Crippen LogP contribution in [0.5, 0.6) is 5.75 Å². The van der Waals surface area contributed by atoms with Crippen molar-refractivity contribution < 1.29 is 14.3 Å². The number of hydrogen-bond acceptors (Lipinski definition) is 4. The third-order valence-electron chi connectivity index (χ3n) is 6.04. The molecule has 0 aromatic heterocycles. The molecule has 0 atom stereocenters. The molecule has 1 heterocycles. The second-order valence-electron chi connectivity index (χ2n) is 8.60. The van der Waals surface area contributed by atoms with Crippen molar-refractivity contribution in [2.75, 3.05) is 17.3 Å². The summed E-state index contributed by atoms with van der Waals surface area (Å²) >= 11 is 0. The van der Waals surface area contributed by atoms with Crippen molar-refractivity contribution in [1.29, 1.82) is 0 Å². The van der Waals surface area contributed by atoms with Crippen LogP contribution in [0.2, 0.25) is 0 Å². The van der Waals surface area contributed by atoms with Gasteiger partial charge in [0.1, 0.15) is 11.4 Å². The van der Waals surface area contributed by atoms with Gasteiger partial charge >= 0.3 is 0 Å². The number of ether oxygens (including phenoxy) is 1. The zero-order valence-electron chi connectivity index (χ0n) is 19.6. The fraction of sp³-hybridized carbons (Fsp3) is 0.214. The van der Waals surface area contributed by atoms with E-state index in [-0.39, 0.29) is 17.5 Å². The maximum absolute atomic E-state index is 13.6. The Morgan fingerprint density at radius 3 is 2.21 bits per heavy atom. The van der Waals surface area contributed by atoms with Crippen molar-refractivity contribution in [3.8, 4) is 5.75 Å². The van der Waals surface area contributed by atoms with Crippen LogP contribution in [0.4, 0.5) is 11.4 Å². The smallest absolute Gasteiger partial charge is 0.282 e. The van der Waals surface area contributed by atoms with Gasteiger partial charge < -0.3 is 10.1 Å². The SMILES string of the molecule is COc1cccc(NC2=C(c3ccc(C)c(C)c3)C(=O)N(c3ccc(C(C)C)cc3)C2=O)c1. The van der Waals surface area contributed by atoms with Crippen molar-refractivity contribution >= 4 is 28.8 Å². The molecule has 0 unspecified atom stereocenters. The summed E-state index contributed by atoms with van der Waals surface area (Å²) in [5, 5.41) is 3.20. The number of carbonyl (C=O) groups is 2. The van der Waals surface area contributed by atoms with Crippen molar-refractivity contribution in [1.82, 2.24) is 0 Å². The van der Waals surface area contributed by atoms with Gasteiger partial charge in [-0.15, -0.1) is 0 Å². The Hall–Kier alpha value is -3.86. The largest absolute Gasteiger partial charge is 0.497 e. The summed E-state index contributed by atoms with van der Waals surface area (Å²) in [6.45, 7) is 8.23. The van der Waals surface area contributed by atoms with Crippen LogP contribution in [0.15, 0.2) is 72.4 Å². The Balaban J connectivity index is 1.80. The molecule has 0 radical (unpaired) electrons. The zero-order valence-corrected chi connectivity index (χ0v) is 19.6. The number of methoxy groups -OCH3 is 1. The van der Waals surface area contributed by atoms with Gasteiger partial charge in [-0.3, -0.25) is 9.59 Å². The molecule has 4 rings (SSSR count). The molecule has 0 aliphatic carbocycles. The Bertz CT molecular complexity index is 1260. The average molecular weight is 441 g/mol. The number of carbonyl (C=O) groups excluding carboxylic acids is 2. The molecule has 168 valence electrons. The highest BCUT2D eigenvalue weighted by Gasteiger charge is 2.40. The molecule has 1 aliphatic rings. The molecular formula is C28H28N2O3. The lowest BCUT2D eigenvalue weighted by molar-refractivity contribution is -0.120. The lowest BCUT2D eigenvalue weighted by Crippen LogP contribution is -2.32. The second-order valence-corrected chi connectivity index (χ2v) is 8.60. The van der Waals surface area contributed by atoms with Gasteiger partial charge in [0.25, 0.3) is 11.8 Å². The van der Waals surface area contributed by atoms with E-state index in [9.17, 15) is 9.59 Å². The summed E-state index contributed by atoms with van der Waals surface area (Å²) in [4.78, 5) is 28.5. The first-order valence-corrected chi connectivity index (χ1v) is 11.0. The summed E-state index contributed by atoms with van der Waals surface area (Å²) in [6, 6.07) is 20.7. The Morgan fingerprint density at radius 1 is 0.848 bits per heavy atom. The minimum absolute atomic E-state index is 0.254. The summed E-state index contributed by atoms with van der Waals surface area (Å²) in [5.41, 5.74) is 5.88. The van der Waals surface area contributed by atoms with Crippen LogP contribution >= 0.6 is 0 Å². The number of anilines is 2. The fourth-order valence-electron chi connectivity index (χ4n) is 3.90. The number of benzene rings is 3. The summed E-state index contributed by atoms with van der Waals surface area (Å²) in [5.74, 6) is 0.295. The first-order chi connectivity index (χ1) is 15.8. The number of amides is 2. The topological polar surface area (TPSA) is 58.6 Å². The van der Waals surface area contributed by atoms with Gasteiger partial charge in [0.05, 0.1) is 18.4 Å². The Labute approximate surface area is 194 Å². The van der Waals surface area contributed by atoms with Crippen LogP contribution in [0.1, 0.15) is 42.0 Å². The van der Waals surface area contributed by atoms with Crippen LogP contribution in [0.25, 0.3) is 5.57 Å². The Morgan fingerprint density at radius 2 is 1.58 bits per heavy atom. The normalized spacial score (nSPS) is 13.8. The van der Waals surface area contributed by atoms with E-state index in [4.69, 9.17) is 4.74 Å². The highest BCUT2D eigenvalue weighted by molar-refractivity contribution is 6.46. The molecule has 0 bridgehead atoms. The van der Waals surface area contributed by atoms with Gasteiger partial charge in [0, 0.05) is 11.8 Å². The number of imide groups is 1. The molecule has 3 aromatic rings. The van der Waals surface area contributed by atoms with Gasteiger partial charge in [0.2, 0.25) is 0 Å². The van der Waals surface area contributed by atoms with E-state index in [2.05, 4.69) is 19.2 Å². The lowest BCUT2D eigenvalue weighted by atomic mass is 9.99. The first-order valence-electron chi connectivity index (χ1n) is 11.0. The maximum Gasteiger partial charge on any atom is 0.282 e. The van der Waals surface area contributed by atoms with Gasteiger partial charge in [-0.05, 0) is 66.3 Å². The molecule has 1 aliphatic heterocycles. The van der Waals surface area contributed by atoms with Gasteiger partial charge in [-0.1, -0.05) is 50.2 Å². The third kappa shape index (κ3) is 4.27. The van der Waals surface area contributed by atoms with Crippen LogP contribution in [0.3, 0.4) is 0 Å². The summed E-state index contributed by atoms with van der Waals surface area (Å²) < 4.78 is 5.31. The third-order valence-corrected chi connectivity index (χ3v) is 6.04. The molecule has 2 amide bonds. The number of aryl methyl sites for hydroxylation is 2. The standard InChI is InChI=1S/C28H28N2O3/c1-17(2)20-11-13-23(14-12-20)30-27(31)25(21-10-9-18(3)19(4)15-21)26(28(30)32)29-22-7-6-8-24(16-22)33-5/h6-17,29H,1-5H3.